The third-order valence-electron chi connectivity index (χ3n) is 4.28. The molecule has 1 N–H and O–H groups in total. The fourth-order valence-corrected chi connectivity index (χ4v) is 3.90. The Morgan fingerprint density at radius 1 is 1.43 bits per heavy atom. The minimum Gasteiger partial charge on any atom is -0.336 e. The Labute approximate surface area is 128 Å². The molecule has 0 unspecified atom stereocenters. The van der Waals surface area contributed by atoms with Crippen LogP contribution in [0.1, 0.15) is 26.7 Å². The van der Waals surface area contributed by atoms with E-state index in [2.05, 4.69) is 5.32 Å². The Morgan fingerprint density at radius 3 is 2.90 bits per heavy atom. The lowest BCUT2D eigenvalue weighted by Crippen LogP contribution is -2.43. The summed E-state index contributed by atoms with van der Waals surface area (Å²) in [4.78, 5) is 28.1. The van der Waals surface area contributed by atoms with E-state index in [1.54, 1.807) is 11.3 Å². The van der Waals surface area contributed by atoms with Crippen molar-refractivity contribution in [1.82, 2.24) is 10.2 Å². The van der Waals surface area contributed by atoms with Gasteiger partial charge < -0.3 is 15.1 Å². The van der Waals surface area contributed by atoms with E-state index in [9.17, 15) is 9.59 Å². The number of hydrogen-bond donors (Lipinski definition) is 1. The maximum Gasteiger partial charge on any atom is 0.317 e. The average molecular weight is 307 g/mol. The smallest absolute Gasteiger partial charge is 0.317 e. The first kappa shape index (κ1) is 14.4. The van der Waals surface area contributed by atoms with Gasteiger partial charge in [-0.1, -0.05) is 0 Å². The van der Waals surface area contributed by atoms with Crippen LogP contribution in [0.15, 0.2) is 16.8 Å². The van der Waals surface area contributed by atoms with Gasteiger partial charge in [0.15, 0.2) is 0 Å². The van der Waals surface area contributed by atoms with Gasteiger partial charge in [-0.05, 0) is 31.7 Å². The molecule has 0 saturated carbocycles. The minimum atomic E-state index is -0.0622. The van der Waals surface area contributed by atoms with Gasteiger partial charge in [0.2, 0.25) is 5.91 Å². The zero-order valence-electron chi connectivity index (χ0n) is 12.5. The zero-order valence-corrected chi connectivity index (χ0v) is 13.3. The van der Waals surface area contributed by atoms with Gasteiger partial charge in [-0.15, -0.1) is 0 Å². The number of thiophene rings is 1. The highest BCUT2D eigenvalue weighted by Gasteiger charge is 2.48. The quantitative estimate of drug-likeness (QED) is 0.911. The van der Waals surface area contributed by atoms with Crippen LogP contribution in [0.2, 0.25) is 0 Å². The summed E-state index contributed by atoms with van der Waals surface area (Å²) in [7, 11) is 0. The molecular formula is C15H21N3O2S. The SMILES string of the molecule is CC(C)NC(=O)N1CC[C@@]2(CC(=O)N(c3ccsc3)C2)C1. The van der Waals surface area contributed by atoms with E-state index in [0.717, 1.165) is 25.2 Å². The van der Waals surface area contributed by atoms with Crippen molar-refractivity contribution in [2.75, 3.05) is 24.5 Å². The molecule has 21 heavy (non-hydrogen) atoms. The van der Waals surface area contributed by atoms with Gasteiger partial charge >= 0.3 is 6.03 Å². The highest BCUT2D eigenvalue weighted by Crippen LogP contribution is 2.42. The number of urea groups is 1. The first-order valence-electron chi connectivity index (χ1n) is 7.37. The number of amides is 3. The molecule has 6 heteroatoms. The van der Waals surface area contributed by atoms with Crippen molar-refractivity contribution in [3.8, 4) is 0 Å². The number of carbonyl (C=O) groups is 2. The predicted molar refractivity (Wildman–Crippen MR) is 83.6 cm³/mol. The van der Waals surface area contributed by atoms with Gasteiger partial charge in [0.25, 0.3) is 0 Å². The highest BCUT2D eigenvalue weighted by molar-refractivity contribution is 7.08. The van der Waals surface area contributed by atoms with E-state index < -0.39 is 0 Å². The van der Waals surface area contributed by atoms with E-state index in [4.69, 9.17) is 0 Å². The summed E-state index contributed by atoms with van der Waals surface area (Å²) in [6.45, 7) is 6.07. The standard InChI is InChI=1S/C15H21N3O2S/c1-11(2)16-14(20)17-5-4-15(9-17)7-13(19)18(10-15)12-3-6-21-8-12/h3,6,8,11H,4-5,7,9-10H2,1-2H3,(H,16,20)/t15-/m1/s1. The molecular weight excluding hydrogens is 286 g/mol. The number of likely N-dealkylation sites (tertiary alicyclic amines) is 1. The molecule has 2 saturated heterocycles. The van der Waals surface area contributed by atoms with Crippen LogP contribution in [-0.4, -0.2) is 42.5 Å². The van der Waals surface area contributed by atoms with Crippen molar-refractivity contribution in [1.29, 1.82) is 0 Å². The van der Waals surface area contributed by atoms with E-state index in [0.29, 0.717) is 13.0 Å². The summed E-state index contributed by atoms with van der Waals surface area (Å²) in [5, 5.41) is 6.93. The molecule has 0 bridgehead atoms. The number of hydrogen-bond acceptors (Lipinski definition) is 3. The van der Waals surface area contributed by atoms with Crippen LogP contribution in [0.3, 0.4) is 0 Å². The fourth-order valence-electron chi connectivity index (χ4n) is 3.26. The Hall–Kier alpha value is -1.56. The van der Waals surface area contributed by atoms with Crippen LogP contribution >= 0.6 is 11.3 Å². The third kappa shape index (κ3) is 2.77. The maximum atomic E-state index is 12.3. The molecule has 0 aliphatic carbocycles. The molecule has 3 rings (SSSR count). The van der Waals surface area contributed by atoms with Crippen LogP contribution < -0.4 is 10.2 Å². The van der Waals surface area contributed by atoms with Crippen LogP contribution in [0, 0.1) is 5.41 Å². The van der Waals surface area contributed by atoms with Crippen molar-refractivity contribution in [2.45, 2.75) is 32.7 Å². The van der Waals surface area contributed by atoms with Crippen molar-refractivity contribution in [2.24, 2.45) is 5.41 Å². The summed E-state index contributed by atoms with van der Waals surface area (Å²) >= 11 is 1.60. The summed E-state index contributed by atoms with van der Waals surface area (Å²) < 4.78 is 0. The van der Waals surface area contributed by atoms with E-state index >= 15 is 0 Å². The van der Waals surface area contributed by atoms with Crippen LogP contribution in [0.25, 0.3) is 0 Å². The first-order chi connectivity index (χ1) is 9.99. The molecule has 2 aliphatic rings. The lowest BCUT2D eigenvalue weighted by atomic mass is 9.86. The molecule has 0 radical (unpaired) electrons. The monoisotopic (exact) mass is 307 g/mol. The fraction of sp³-hybridized carbons (Fsp3) is 0.600. The molecule has 0 aromatic carbocycles. The van der Waals surface area contributed by atoms with Crippen LogP contribution in [0.5, 0.6) is 0 Å². The number of anilines is 1. The first-order valence-corrected chi connectivity index (χ1v) is 8.31. The summed E-state index contributed by atoms with van der Waals surface area (Å²) in [5.74, 6) is 0.180. The zero-order chi connectivity index (χ0) is 15.0. The molecule has 114 valence electrons. The number of nitrogens with one attached hydrogen (secondary N) is 1. The predicted octanol–water partition coefficient (Wildman–Crippen LogP) is 2.29. The second-order valence-corrected chi connectivity index (χ2v) is 7.19. The second kappa shape index (κ2) is 5.33. The molecule has 1 aromatic heterocycles. The Bertz CT molecular complexity index is 543. The molecule has 2 fully saturated rings. The van der Waals surface area contributed by atoms with Crippen molar-refractivity contribution < 1.29 is 9.59 Å². The normalized spacial score (nSPS) is 25.4. The third-order valence-corrected chi connectivity index (χ3v) is 4.95. The molecule has 1 spiro atoms. The van der Waals surface area contributed by atoms with Gasteiger partial charge in [0.1, 0.15) is 0 Å². The van der Waals surface area contributed by atoms with Gasteiger partial charge in [0, 0.05) is 42.9 Å². The Kier molecular flexibility index (Phi) is 3.65. The van der Waals surface area contributed by atoms with Gasteiger partial charge in [-0.2, -0.15) is 11.3 Å². The van der Waals surface area contributed by atoms with Crippen molar-refractivity contribution in [3.05, 3.63) is 16.8 Å². The molecule has 1 aromatic rings. The molecule has 1 atom stereocenters. The number of nitrogens with zero attached hydrogens (tertiary/aromatic N) is 2. The van der Waals surface area contributed by atoms with E-state index in [1.165, 1.54) is 0 Å². The largest absolute Gasteiger partial charge is 0.336 e. The van der Waals surface area contributed by atoms with Gasteiger partial charge in [-0.3, -0.25) is 4.79 Å². The highest BCUT2D eigenvalue weighted by atomic mass is 32.1. The Balaban J connectivity index is 1.68. The van der Waals surface area contributed by atoms with Crippen LogP contribution in [0.4, 0.5) is 10.5 Å². The van der Waals surface area contributed by atoms with Crippen molar-refractivity contribution in [3.63, 3.8) is 0 Å². The average Bonchev–Trinajstić information content (AvgIpc) is 3.10. The summed E-state index contributed by atoms with van der Waals surface area (Å²) in [6, 6.07) is 2.12. The van der Waals surface area contributed by atoms with E-state index in [-0.39, 0.29) is 23.4 Å². The molecule has 3 amide bonds. The Morgan fingerprint density at radius 2 is 2.24 bits per heavy atom. The molecule has 3 heterocycles. The molecule has 2 aliphatic heterocycles. The van der Waals surface area contributed by atoms with Gasteiger partial charge in [-0.25, -0.2) is 4.79 Å². The van der Waals surface area contributed by atoms with Crippen molar-refractivity contribution >= 4 is 29.0 Å². The lowest BCUT2D eigenvalue weighted by Gasteiger charge is -2.24. The number of carbonyl (C=O) groups excluding carboxylic acids is 2. The topological polar surface area (TPSA) is 52.7 Å². The van der Waals surface area contributed by atoms with Gasteiger partial charge in [0.05, 0.1) is 5.69 Å². The minimum absolute atomic E-state index is 0.0108. The second-order valence-electron chi connectivity index (χ2n) is 6.41. The summed E-state index contributed by atoms with van der Waals surface area (Å²) in [5.41, 5.74) is 0.930. The lowest BCUT2D eigenvalue weighted by molar-refractivity contribution is -0.117. The maximum absolute atomic E-state index is 12.3. The summed E-state index contributed by atoms with van der Waals surface area (Å²) in [6.07, 6.45) is 1.46. The van der Waals surface area contributed by atoms with Crippen LogP contribution in [-0.2, 0) is 4.79 Å². The molecule has 5 nitrogen and oxygen atoms in total. The van der Waals surface area contributed by atoms with E-state index in [1.807, 2.05) is 40.5 Å². The number of rotatable bonds is 2.